The monoisotopic (exact) mass is 1060 g/mol. The van der Waals surface area contributed by atoms with E-state index in [1.807, 2.05) is 0 Å². The zero-order valence-electron chi connectivity index (χ0n) is 41.5. The number of rotatable bonds is 22. The molecule has 9 N–H and O–H groups in total. The summed E-state index contributed by atoms with van der Waals surface area (Å²) in [6.07, 6.45) is 2.49. The fourth-order valence-electron chi connectivity index (χ4n) is 9.73. The second-order valence-electron chi connectivity index (χ2n) is 18.5. The maximum Gasteiger partial charge on any atom is 0.343 e. The Balaban J connectivity index is 0.835. The van der Waals surface area contributed by atoms with Crippen molar-refractivity contribution in [2.24, 2.45) is 0 Å². The number of ether oxygens (including phenoxy) is 2. The molecule has 4 aromatic rings. The van der Waals surface area contributed by atoms with Gasteiger partial charge < -0.3 is 61.5 Å². The minimum atomic E-state index is -2.07. The lowest BCUT2D eigenvalue weighted by Crippen LogP contribution is -2.56. The molecule has 77 heavy (non-hydrogen) atoms. The van der Waals surface area contributed by atoms with Crippen molar-refractivity contribution in [3.05, 3.63) is 110 Å². The highest BCUT2D eigenvalue weighted by Crippen LogP contribution is 2.46. The summed E-state index contributed by atoms with van der Waals surface area (Å²) >= 11 is 0. The lowest BCUT2D eigenvalue weighted by molar-refractivity contribution is -0.172. The van der Waals surface area contributed by atoms with E-state index in [0.29, 0.717) is 67.8 Å². The summed E-state index contributed by atoms with van der Waals surface area (Å²) < 4.78 is 27.5. The molecule has 26 heteroatoms. The van der Waals surface area contributed by atoms with Crippen LogP contribution in [0.25, 0.3) is 22.3 Å². The standard InChI is InChI=1S/C51H53FN10O15/c1-3-51(75)30-14-35-46-28(21-61(35)49(73)29(30)22-77-50(51)74)45-32(10-9-27-25(2)31(52)15-33(60-46)44(27)45)58-40(66)23-76-24-57-38(64)18-55-47(71)34(13-26-7-5-4-6-8-26)59-39(65)19-54-37(63)17-56-48(72)36(16-53-20-43(69)70)62-41(67)11-12-42(62)68/h4-8,11-12,14-15,32,34,36,53,75H,3,9-10,13,16-24H2,1-2H3,(H,54,63)(H,55,71)(H,56,72)(H,57,64)(H,58,66)(H,59,65)(H,69,70)/t32-,34+,36-,51+/m1/s1. The number of pyridine rings is 2. The SMILES string of the molecule is CC[C@@]1(O)C(=O)OCc2c1cc1n(c2=O)Cc2c-1nc1cc(F)c(C)c3c1c2[C@H](NC(=O)COCNC(=O)CNC(=O)[C@H](Cc1ccccc1)NC(=O)CNC(=O)CNC(=O)[C@@H](CNCC(=O)O)N1C(=O)C=CC1=O)CC3. The first-order chi connectivity index (χ1) is 36.8. The van der Waals surface area contributed by atoms with Gasteiger partial charge in [-0.05, 0) is 54.5 Å². The van der Waals surface area contributed by atoms with Crippen LogP contribution in [-0.2, 0) is 89.0 Å². The van der Waals surface area contributed by atoms with E-state index in [9.17, 15) is 57.8 Å². The number of imide groups is 1. The van der Waals surface area contributed by atoms with Crippen molar-refractivity contribution in [1.82, 2.24) is 51.7 Å². The molecule has 5 heterocycles. The number of aliphatic hydroxyl groups is 1. The summed E-state index contributed by atoms with van der Waals surface area (Å²) in [5.74, 6) is -9.02. The van der Waals surface area contributed by atoms with Crippen LogP contribution in [0, 0.1) is 12.7 Å². The molecular weight excluding hydrogens is 1010 g/mol. The lowest BCUT2D eigenvalue weighted by atomic mass is 9.81. The number of benzene rings is 2. The quantitative estimate of drug-likeness (QED) is 0.0153. The first kappa shape index (κ1) is 54.5. The molecule has 0 fully saturated rings. The third-order valence-electron chi connectivity index (χ3n) is 13.6. The first-order valence-electron chi connectivity index (χ1n) is 24.4. The molecule has 0 spiro atoms. The molecule has 2 aromatic heterocycles. The largest absolute Gasteiger partial charge is 0.480 e. The molecule has 0 radical (unpaired) electrons. The summed E-state index contributed by atoms with van der Waals surface area (Å²) in [7, 11) is 0. The number of aryl methyl sites for hydroxylation is 1. The fourth-order valence-corrected chi connectivity index (χ4v) is 9.73. The number of carboxylic acids is 1. The number of carboxylic acid groups (broad SMARTS) is 1. The third-order valence-corrected chi connectivity index (χ3v) is 13.6. The molecule has 404 valence electrons. The van der Waals surface area contributed by atoms with E-state index in [0.717, 1.165) is 12.2 Å². The van der Waals surface area contributed by atoms with Crippen LogP contribution in [-0.4, -0.2) is 142 Å². The number of carbonyl (C=O) groups is 10. The van der Waals surface area contributed by atoms with Crippen molar-refractivity contribution in [2.75, 3.05) is 46.1 Å². The molecule has 2 aromatic carbocycles. The number of carbonyl (C=O) groups excluding carboxylic acids is 9. The summed E-state index contributed by atoms with van der Waals surface area (Å²) in [4.78, 5) is 146. The molecule has 4 atom stereocenters. The Kier molecular flexibility index (Phi) is 16.3. The Morgan fingerprint density at radius 3 is 2.26 bits per heavy atom. The lowest BCUT2D eigenvalue weighted by Gasteiger charge is -2.31. The van der Waals surface area contributed by atoms with Crippen molar-refractivity contribution in [3.8, 4) is 11.4 Å². The summed E-state index contributed by atoms with van der Waals surface area (Å²) in [6, 6.07) is 7.97. The molecule has 1 aliphatic carbocycles. The zero-order chi connectivity index (χ0) is 55.3. The van der Waals surface area contributed by atoms with Crippen molar-refractivity contribution in [3.63, 3.8) is 0 Å². The number of aliphatic carboxylic acids is 1. The highest BCUT2D eigenvalue weighted by atomic mass is 19.1. The number of esters is 1. The van der Waals surface area contributed by atoms with Gasteiger partial charge in [-0.3, -0.25) is 52.8 Å². The van der Waals surface area contributed by atoms with Gasteiger partial charge in [0.1, 0.15) is 37.8 Å². The van der Waals surface area contributed by atoms with Crippen molar-refractivity contribution in [2.45, 2.75) is 76.4 Å². The van der Waals surface area contributed by atoms with Gasteiger partial charge in [-0.15, -0.1) is 0 Å². The number of cyclic esters (lactones) is 1. The van der Waals surface area contributed by atoms with Gasteiger partial charge >= 0.3 is 11.9 Å². The average molecular weight is 1070 g/mol. The number of fused-ring (bicyclic) bond motifs is 5. The van der Waals surface area contributed by atoms with Gasteiger partial charge in [0.15, 0.2) is 5.60 Å². The number of nitrogens with zero attached hydrogens (tertiary/aromatic N) is 3. The third kappa shape index (κ3) is 11.6. The number of aromatic nitrogens is 2. The molecule has 8 rings (SSSR count). The number of hydrogen-bond donors (Lipinski definition) is 9. The van der Waals surface area contributed by atoms with Crippen LogP contribution in [0.2, 0.25) is 0 Å². The van der Waals surface area contributed by atoms with Crippen molar-refractivity contribution < 1.29 is 72.0 Å². The van der Waals surface area contributed by atoms with Gasteiger partial charge in [0, 0.05) is 47.7 Å². The van der Waals surface area contributed by atoms with Crippen LogP contribution in [0.15, 0.2) is 59.4 Å². The Hall–Kier alpha value is -8.75. The highest BCUT2D eigenvalue weighted by molar-refractivity contribution is 6.15. The van der Waals surface area contributed by atoms with Gasteiger partial charge in [-0.1, -0.05) is 37.3 Å². The van der Waals surface area contributed by atoms with Gasteiger partial charge in [-0.2, -0.15) is 0 Å². The second kappa shape index (κ2) is 23.0. The minimum Gasteiger partial charge on any atom is -0.480 e. The molecular formula is C51H53FN10O15. The molecule has 4 aliphatic rings. The van der Waals surface area contributed by atoms with E-state index in [-0.39, 0.29) is 37.1 Å². The normalized spacial score (nSPS) is 17.6. The Morgan fingerprint density at radius 2 is 1.56 bits per heavy atom. The van der Waals surface area contributed by atoms with Crippen LogP contribution < -0.4 is 42.8 Å². The Bertz CT molecular complexity index is 3220. The number of halogens is 1. The number of amides is 8. The predicted octanol–water partition coefficient (Wildman–Crippen LogP) is -2.24. The van der Waals surface area contributed by atoms with Crippen LogP contribution in [0.4, 0.5) is 4.39 Å². The first-order valence-corrected chi connectivity index (χ1v) is 24.4. The summed E-state index contributed by atoms with van der Waals surface area (Å²) in [5, 5.41) is 38.2. The molecule has 0 saturated heterocycles. The van der Waals surface area contributed by atoms with Gasteiger partial charge in [-0.25, -0.2) is 14.2 Å². The Labute approximate surface area is 436 Å². The van der Waals surface area contributed by atoms with Crippen molar-refractivity contribution in [1.29, 1.82) is 0 Å². The van der Waals surface area contributed by atoms with Crippen LogP contribution in [0.5, 0.6) is 0 Å². The minimum absolute atomic E-state index is 0.0329. The second-order valence-corrected chi connectivity index (χ2v) is 18.5. The highest BCUT2D eigenvalue weighted by Gasteiger charge is 2.46. The molecule has 0 bridgehead atoms. The Morgan fingerprint density at radius 1 is 0.870 bits per heavy atom. The van der Waals surface area contributed by atoms with Gasteiger partial charge in [0.05, 0.1) is 61.2 Å². The van der Waals surface area contributed by atoms with E-state index < -0.39 is 140 Å². The predicted molar refractivity (Wildman–Crippen MR) is 264 cm³/mol. The average Bonchev–Trinajstić information content (AvgIpc) is 4.22. The molecule has 0 unspecified atom stereocenters. The van der Waals surface area contributed by atoms with Crippen LogP contribution in [0.1, 0.15) is 64.8 Å². The molecule has 3 aliphatic heterocycles. The van der Waals surface area contributed by atoms with Crippen LogP contribution >= 0.6 is 0 Å². The molecule has 8 amide bonds. The maximum absolute atomic E-state index is 15.4. The van der Waals surface area contributed by atoms with E-state index >= 15 is 4.39 Å². The van der Waals surface area contributed by atoms with E-state index in [1.54, 1.807) is 50.2 Å². The summed E-state index contributed by atoms with van der Waals surface area (Å²) in [5.41, 5.74) is 1.60. The smallest absolute Gasteiger partial charge is 0.343 e. The van der Waals surface area contributed by atoms with Gasteiger partial charge in [0.25, 0.3) is 17.4 Å². The maximum atomic E-state index is 15.4. The fraction of sp³-hybridized carbons (Fsp3) is 0.373. The number of hydrogen-bond acceptors (Lipinski definition) is 16. The van der Waals surface area contributed by atoms with E-state index in [1.165, 1.54) is 10.6 Å². The topological polar surface area (TPSA) is 352 Å². The zero-order valence-corrected chi connectivity index (χ0v) is 41.5. The van der Waals surface area contributed by atoms with Gasteiger partial charge in [0.2, 0.25) is 35.4 Å². The van der Waals surface area contributed by atoms with Crippen LogP contribution in [0.3, 0.4) is 0 Å². The summed E-state index contributed by atoms with van der Waals surface area (Å²) in [6.45, 7) is -1.02. The van der Waals surface area contributed by atoms with E-state index in [2.05, 4.69) is 37.2 Å². The molecule has 0 saturated carbocycles. The van der Waals surface area contributed by atoms with Crippen molar-refractivity contribution >= 4 is 70.1 Å². The van der Waals surface area contributed by atoms with E-state index in [4.69, 9.17) is 19.6 Å². The molecule has 25 nitrogen and oxygen atoms in total. The number of nitrogens with one attached hydrogen (secondary N) is 7.